The van der Waals surface area contributed by atoms with E-state index in [9.17, 15) is 20.1 Å². The zero-order valence-electron chi connectivity index (χ0n) is 17.5. The molecule has 7 heteroatoms. The number of esters is 1. The summed E-state index contributed by atoms with van der Waals surface area (Å²) in [6.07, 6.45) is 4.44. The van der Waals surface area contributed by atoms with Crippen LogP contribution in [-0.4, -0.2) is 28.6 Å². The molecule has 0 unspecified atom stereocenters. The Morgan fingerprint density at radius 2 is 1.97 bits per heavy atom. The Hall–Kier alpha value is -3.06. The van der Waals surface area contributed by atoms with Crippen molar-refractivity contribution in [2.45, 2.75) is 65.5 Å². The molecule has 1 heterocycles. The molecule has 1 saturated carbocycles. The predicted molar refractivity (Wildman–Crippen MR) is 108 cm³/mol. The van der Waals surface area contributed by atoms with Crippen molar-refractivity contribution >= 4 is 18.0 Å². The smallest absolute Gasteiger partial charge is 0.349 e. The topological polar surface area (TPSA) is 108 Å². The molecular formula is C22H28N4O3. The van der Waals surface area contributed by atoms with E-state index in [0.717, 1.165) is 36.3 Å². The fourth-order valence-corrected chi connectivity index (χ4v) is 3.67. The third-order valence-corrected chi connectivity index (χ3v) is 5.18. The van der Waals surface area contributed by atoms with E-state index in [1.54, 1.807) is 0 Å². The summed E-state index contributed by atoms with van der Waals surface area (Å²) in [7, 11) is 0. The second-order valence-electron chi connectivity index (χ2n) is 8.03. The lowest BCUT2D eigenvalue weighted by Gasteiger charge is -2.21. The molecule has 0 aromatic carbocycles. The molecule has 0 bridgehead atoms. The molecule has 2 rings (SSSR count). The largest absolute Gasteiger partial charge is 0.451 e. The third-order valence-electron chi connectivity index (χ3n) is 5.18. The first kappa shape index (κ1) is 22.2. The summed E-state index contributed by atoms with van der Waals surface area (Å²) in [5.41, 5.74) is 1.75. The van der Waals surface area contributed by atoms with Crippen molar-refractivity contribution in [2.75, 3.05) is 6.61 Å². The van der Waals surface area contributed by atoms with E-state index in [-0.39, 0.29) is 5.57 Å². The van der Waals surface area contributed by atoms with Gasteiger partial charge in [-0.25, -0.2) is 4.79 Å². The van der Waals surface area contributed by atoms with Crippen molar-refractivity contribution in [3.63, 3.8) is 0 Å². The van der Waals surface area contributed by atoms with Crippen LogP contribution >= 0.6 is 0 Å². The van der Waals surface area contributed by atoms with Gasteiger partial charge in [0.15, 0.2) is 6.61 Å². The summed E-state index contributed by atoms with van der Waals surface area (Å²) in [5, 5.41) is 21.3. The van der Waals surface area contributed by atoms with E-state index in [0.29, 0.717) is 18.8 Å². The van der Waals surface area contributed by atoms with Crippen molar-refractivity contribution in [3.8, 4) is 12.1 Å². The van der Waals surface area contributed by atoms with Gasteiger partial charge in [-0.3, -0.25) is 4.79 Å². The molecule has 7 nitrogen and oxygen atoms in total. The molecule has 0 radical (unpaired) electrons. The minimum Gasteiger partial charge on any atom is -0.451 e. The zero-order chi connectivity index (χ0) is 21.6. The number of nitrogens with zero attached hydrogens (tertiary/aromatic N) is 3. The maximum absolute atomic E-state index is 12.3. The number of amides is 1. The molecule has 1 aromatic heterocycles. The highest BCUT2D eigenvalue weighted by Crippen LogP contribution is 2.28. The Labute approximate surface area is 171 Å². The number of hydrogen-bond donors (Lipinski definition) is 1. The Morgan fingerprint density at radius 3 is 2.52 bits per heavy atom. The van der Waals surface area contributed by atoms with Crippen molar-refractivity contribution in [1.82, 2.24) is 9.88 Å². The number of carbonyl (C=O) groups is 2. The van der Waals surface area contributed by atoms with Crippen LogP contribution in [-0.2, 0) is 20.9 Å². The molecule has 0 saturated heterocycles. The van der Waals surface area contributed by atoms with Crippen molar-refractivity contribution < 1.29 is 14.3 Å². The highest BCUT2D eigenvalue weighted by atomic mass is 16.5. The average molecular weight is 396 g/mol. The normalized spacial score (nSPS) is 15.6. The van der Waals surface area contributed by atoms with Gasteiger partial charge in [-0.15, -0.1) is 0 Å². The Morgan fingerprint density at radius 1 is 1.31 bits per heavy atom. The van der Waals surface area contributed by atoms with E-state index in [1.807, 2.05) is 26.0 Å². The number of nitrogens with one attached hydrogen (secondary N) is 1. The van der Waals surface area contributed by atoms with Crippen LogP contribution in [0, 0.1) is 42.4 Å². The number of aryl methyl sites for hydroxylation is 1. The fraction of sp³-hybridized carbons (Fsp3) is 0.545. The first-order valence-electron chi connectivity index (χ1n) is 9.89. The second kappa shape index (κ2) is 9.43. The Balaban J connectivity index is 2.05. The van der Waals surface area contributed by atoms with Gasteiger partial charge in [-0.05, 0) is 63.2 Å². The summed E-state index contributed by atoms with van der Waals surface area (Å²) in [6.45, 7) is 8.50. The molecule has 0 atom stereocenters. The van der Waals surface area contributed by atoms with Crippen molar-refractivity contribution in [3.05, 3.63) is 28.6 Å². The molecule has 154 valence electrons. The molecule has 1 aromatic rings. The highest BCUT2D eigenvalue weighted by Gasteiger charge is 2.35. The number of rotatable bonds is 7. The zero-order valence-corrected chi connectivity index (χ0v) is 17.5. The molecule has 1 aliphatic rings. The summed E-state index contributed by atoms with van der Waals surface area (Å²) in [4.78, 5) is 24.4. The standard InChI is InChI=1S/C22H28N4O3/c1-15(2)12-26-16(3)9-18(17(26)4)10-19(11-23)21(28)29-13-20(27)25-22(14-24)7-5-6-8-22/h9-10,15H,5-8,12-13H2,1-4H3,(H,25,27)/b19-10+. The van der Waals surface area contributed by atoms with Gasteiger partial charge in [-0.2, -0.15) is 10.5 Å². The number of carbonyl (C=O) groups excluding carboxylic acids is 2. The van der Waals surface area contributed by atoms with E-state index < -0.39 is 24.0 Å². The summed E-state index contributed by atoms with van der Waals surface area (Å²) in [5.74, 6) is -0.921. The van der Waals surface area contributed by atoms with Gasteiger partial charge >= 0.3 is 5.97 Å². The predicted octanol–water partition coefficient (Wildman–Crippen LogP) is 3.16. The molecule has 29 heavy (non-hydrogen) atoms. The average Bonchev–Trinajstić information content (AvgIpc) is 3.24. The highest BCUT2D eigenvalue weighted by molar-refractivity contribution is 5.99. The molecule has 0 spiro atoms. The van der Waals surface area contributed by atoms with Crippen LogP contribution in [0.25, 0.3) is 6.08 Å². The SMILES string of the molecule is Cc1cc(/C=C(\C#N)C(=O)OCC(=O)NC2(C#N)CCCC2)c(C)n1CC(C)C. The van der Waals surface area contributed by atoms with E-state index in [2.05, 4.69) is 29.8 Å². The van der Waals surface area contributed by atoms with Crippen LogP contribution in [0.5, 0.6) is 0 Å². The van der Waals surface area contributed by atoms with Gasteiger partial charge in [0, 0.05) is 17.9 Å². The molecule has 1 N–H and O–H groups in total. The first-order chi connectivity index (χ1) is 13.7. The summed E-state index contributed by atoms with van der Waals surface area (Å²) >= 11 is 0. The van der Waals surface area contributed by atoms with Crippen LogP contribution in [0.15, 0.2) is 11.6 Å². The lowest BCUT2D eigenvalue weighted by molar-refractivity contribution is -0.144. The number of hydrogen-bond acceptors (Lipinski definition) is 5. The maximum atomic E-state index is 12.3. The van der Waals surface area contributed by atoms with Crippen LogP contribution < -0.4 is 5.32 Å². The van der Waals surface area contributed by atoms with Gasteiger partial charge in [0.05, 0.1) is 6.07 Å². The number of ether oxygens (including phenoxy) is 1. The maximum Gasteiger partial charge on any atom is 0.349 e. The van der Waals surface area contributed by atoms with E-state index in [1.165, 1.54) is 6.08 Å². The first-order valence-corrected chi connectivity index (χ1v) is 9.89. The monoisotopic (exact) mass is 396 g/mol. The summed E-state index contributed by atoms with van der Waals surface area (Å²) in [6, 6.07) is 5.93. The molecular weight excluding hydrogens is 368 g/mol. The minimum absolute atomic E-state index is 0.168. The molecule has 1 fully saturated rings. The van der Waals surface area contributed by atoms with Gasteiger partial charge in [0.1, 0.15) is 17.2 Å². The Kier molecular flexibility index (Phi) is 7.23. The van der Waals surface area contributed by atoms with Crippen LogP contribution in [0.3, 0.4) is 0 Å². The van der Waals surface area contributed by atoms with Crippen LogP contribution in [0.2, 0.25) is 0 Å². The van der Waals surface area contributed by atoms with Crippen LogP contribution in [0.1, 0.15) is 56.5 Å². The lowest BCUT2D eigenvalue weighted by Crippen LogP contribution is -2.46. The van der Waals surface area contributed by atoms with Gasteiger partial charge in [-0.1, -0.05) is 13.8 Å². The second-order valence-corrected chi connectivity index (χ2v) is 8.03. The van der Waals surface area contributed by atoms with E-state index >= 15 is 0 Å². The van der Waals surface area contributed by atoms with E-state index in [4.69, 9.17) is 4.74 Å². The van der Waals surface area contributed by atoms with Gasteiger partial charge in [0.2, 0.25) is 0 Å². The molecule has 1 aliphatic carbocycles. The quantitative estimate of drug-likeness (QED) is 0.433. The number of nitriles is 2. The molecule has 1 amide bonds. The Bertz CT molecular complexity index is 890. The van der Waals surface area contributed by atoms with Crippen molar-refractivity contribution in [1.29, 1.82) is 10.5 Å². The minimum atomic E-state index is -0.870. The lowest BCUT2D eigenvalue weighted by atomic mass is 10.00. The summed E-state index contributed by atoms with van der Waals surface area (Å²) < 4.78 is 7.16. The van der Waals surface area contributed by atoms with Crippen molar-refractivity contribution in [2.24, 2.45) is 5.92 Å². The van der Waals surface area contributed by atoms with Crippen LogP contribution in [0.4, 0.5) is 0 Å². The third kappa shape index (κ3) is 5.48. The molecule has 0 aliphatic heterocycles. The fourth-order valence-electron chi connectivity index (χ4n) is 3.67. The number of aromatic nitrogens is 1. The van der Waals surface area contributed by atoms with Gasteiger partial charge < -0.3 is 14.6 Å². The van der Waals surface area contributed by atoms with Gasteiger partial charge in [0.25, 0.3) is 5.91 Å².